The number of aliphatic hydroxyl groups is 1. The van der Waals surface area contributed by atoms with Crippen molar-refractivity contribution >= 4 is 11.6 Å². The summed E-state index contributed by atoms with van der Waals surface area (Å²) in [5.41, 5.74) is 1.10. The van der Waals surface area contributed by atoms with Crippen molar-refractivity contribution in [2.24, 2.45) is 0 Å². The molecule has 4 rings (SSSR count). The van der Waals surface area contributed by atoms with Gasteiger partial charge in [0.15, 0.2) is 5.65 Å². The number of rotatable bonds is 2. The van der Waals surface area contributed by atoms with Crippen LogP contribution in [-0.4, -0.2) is 63.2 Å². The molecule has 2 fully saturated rings. The van der Waals surface area contributed by atoms with Crippen LogP contribution < -0.4 is 5.32 Å². The van der Waals surface area contributed by atoms with Crippen LogP contribution in [0.2, 0.25) is 0 Å². The highest BCUT2D eigenvalue weighted by molar-refractivity contribution is 5.95. The lowest BCUT2D eigenvalue weighted by molar-refractivity contribution is 0.0178. The van der Waals surface area contributed by atoms with E-state index in [9.17, 15) is 9.90 Å². The van der Waals surface area contributed by atoms with Crippen LogP contribution in [0.1, 0.15) is 10.4 Å². The Kier molecular flexibility index (Phi) is 2.88. The van der Waals surface area contributed by atoms with Crippen LogP contribution in [0.4, 0.5) is 0 Å². The lowest BCUT2D eigenvalue weighted by atomic mass is 10.1. The van der Waals surface area contributed by atoms with E-state index in [1.807, 2.05) is 0 Å². The van der Waals surface area contributed by atoms with Crippen molar-refractivity contribution in [2.45, 2.75) is 24.4 Å². The number of hydrogen-bond donors (Lipinski definition) is 2. The first-order valence-corrected chi connectivity index (χ1v) is 6.74. The highest BCUT2D eigenvalue weighted by Crippen LogP contribution is 2.27. The van der Waals surface area contributed by atoms with E-state index in [2.05, 4.69) is 15.4 Å². The molecule has 4 atom stereocenters. The lowest BCUT2D eigenvalue weighted by Gasteiger charge is -2.17. The Balaban J connectivity index is 1.50. The fourth-order valence-corrected chi connectivity index (χ4v) is 2.81. The summed E-state index contributed by atoms with van der Waals surface area (Å²) >= 11 is 0. The molecule has 2 aliphatic heterocycles. The molecular formula is C13H14N4O4. The Labute approximate surface area is 119 Å². The van der Waals surface area contributed by atoms with Crippen LogP contribution in [0.25, 0.3) is 5.65 Å². The van der Waals surface area contributed by atoms with Crippen molar-refractivity contribution in [3.63, 3.8) is 0 Å². The van der Waals surface area contributed by atoms with Gasteiger partial charge in [0.2, 0.25) is 0 Å². The van der Waals surface area contributed by atoms with Crippen LogP contribution in [-0.2, 0) is 9.47 Å². The fraction of sp³-hybridized carbons (Fsp3) is 0.462. The monoisotopic (exact) mass is 290 g/mol. The SMILES string of the molecule is O=C(N[C@H]1CO[C@H]2[C@@H]1OC[C@H]2O)c1ccn2ncnc2c1. The van der Waals surface area contributed by atoms with E-state index in [0.29, 0.717) is 17.8 Å². The van der Waals surface area contributed by atoms with Gasteiger partial charge in [-0.1, -0.05) is 0 Å². The van der Waals surface area contributed by atoms with E-state index >= 15 is 0 Å². The average molecular weight is 290 g/mol. The Bertz CT molecular complexity index is 688. The van der Waals surface area contributed by atoms with Crippen LogP contribution >= 0.6 is 0 Å². The molecule has 2 aliphatic rings. The van der Waals surface area contributed by atoms with Gasteiger partial charge in [0.25, 0.3) is 5.91 Å². The number of ether oxygens (including phenoxy) is 2. The Morgan fingerprint density at radius 1 is 1.38 bits per heavy atom. The third-order valence-electron chi connectivity index (χ3n) is 3.89. The third kappa shape index (κ3) is 2.08. The van der Waals surface area contributed by atoms with Crippen LogP contribution in [0.3, 0.4) is 0 Å². The minimum atomic E-state index is -0.621. The number of carbonyl (C=O) groups excluding carboxylic acids is 1. The molecule has 2 aromatic rings. The van der Waals surface area contributed by atoms with E-state index < -0.39 is 6.10 Å². The topological polar surface area (TPSA) is 98.0 Å². The largest absolute Gasteiger partial charge is 0.388 e. The summed E-state index contributed by atoms with van der Waals surface area (Å²) in [5.74, 6) is -0.222. The van der Waals surface area contributed by atoms with Gasteiger partial charge in [-0.3, -0.25) is 4.79 Å². The highest BCUT2D eigenvalue weighted by atomic mass is 16.6. The van der Waals surface area contributed by atoms with Gasteiger partial charge >= 0.3 is 0 Å². The van der Waals surface area contributed by atoms with Crippen molar-refractivity contribution in [2.75, 3.05) is 13.2 Å². The Morgan fingerprint density at radius 2 is 2.24 bits per heavy atom. The molecule has 2 N–H and O–H groups in total. The minimum absolute atomic E-state index is 0.222. The number of fused-ring (bicyclic) bond motifs is 2. The van der Waals surface area contributed by atoms with Crippen molar-refractivity contribution < 1.29 is 19.4 Å². The molecule has 0 saturated carbocycles. The standard InChI is InChI=1S/C13H14N4O4/c18-9-5-21-11-8(4-20-12(9)11)16-13(19)7-1-2-17-10(3-7)14-6-15-17/h1-3,6,8-9,11-12,18H,4-5H2,(H,16,19)/t8-,9+,11+,12+/m0/s1. The summed E-state index contributed by atoms with van der Waals surface area (Å²) in [6.45, 7) is 0.582. The Hall–Kier alpha value is -2.03. The van der Waals surface area contributed by atoms with Gasteiger partial charge in [-0.05, 0) is 12.1 Å². The molecule has 0 radical (unpaired) electrons. The summed E-state index contributed by atoms with van der Waals surface area (Å²) in [4.78, 5) is 16.3. The predicted octanol–water partition coefficient (Wildman–Crippen LogP) is -1.01. The van der Waals surface area contributed by atoms with Crippen molar-refractivity contribution in [3.05, 3.63) is 30.2 Å². The van der Waals surface area contributed by atoms with Gasteiger partial charge in [0.1, 0.15) is 24.6 Å². The molecule has 21 heavy (non-hydrogen) atoms. The van der Waals surface area contributed by atoms with Crippen molar-refractivity contribution in [1.29, 1.82) is 0 Å². The van der Waals surface area contributed by atoms with Crippen LogP contribution in [0, 0.1) is 0 Å². The molecule has 110 valence electrons. The van der Waals surface area contributed by atoms with E-state index in [4.69, 9.17) is 9.47 Å². The summed E-state index contributed by atoms with van der Waals surface area (Å²) in [7, 11) is 0. The second-order valence-corrected chi connectivity index (χ2v) is 5.22. The number of carbonyl (C=O) groups is 1. The number of pyridine rings is 1. The highest BCUT2D eigenvalue weighted by Gasteiger charge is 2.47. The summed E-state index contributed by atoms with van der Waals surface area (Å²) in [6, 6.07) is 3.09. The average Bonchev–Trinajstić information content (AvgIpc) is 3.17. The minimum Gasteiger partial charge on any atom is -0.388 e. The van der Waals surface area contributed by atoms with E-state index in [0.717, 1.165) is 0 Å². The first-order chi connectivity index (χ1) is 10.2. The number of aromatic nitrogens is 3. The zero-order valence-corrected chi connectivity index (χ0v) is 11.0. The Morgan fingerprint density at radius 3 is 3.14 bits per heavy atom. The quantitative estimate of drug-likeness (QED) is 0.735. The molecular weight excluding hydrogens is 276 g/mol. The lowest BCUT2D eigenvalue weighted by Crippen LogP contribution is -2.44. The van der Waals surface area contributed by atoms with E-state index in [1.165, 1.54) is 6.33 Å². The number of nitrogens with one attached hydrogen (secondary N) is 1. The summed E-state index contributed by atoms with van der Waals surface area (Å²) in [5, 5.41) is 16.5. The summed E-state index contributed by atoms with van der Waals surface area (Å²) in [6.07, 6.45) is 1.85. The van der Waals surface area contributed by atoms with Gasteiger partial charge in [-0.25, -0.2) is 9.50 Å². The molecule has 0 bridgehead atoms. The molecule has 2 saturated heterocycles. The normalized spacial score (nSPS) is 31.5. The van der Waals surface area contributed by atoms with Crippen LogP contribution in [0.15, 0.2) is 24.7 Å². The second-order valence-electron chi connectivity index (χ2n) is 5.22. The third-order valence-corrected chi connectivity index (χ3v) is 3.89. The number of aliphatic hydroxyl groups excluding tert-OH is 1. The van der Waals surface area contributed by atoms with Crippen LogP contribution in [0.5, 0.6) is 0 Å². The molecule has 0 unspecified atom stereocenters. The molecule has 0 aliphatic carbocycles. The molecule has 0 spiro atoms. The fourth-order valence-electron chi connectivity index (χ4n) is 2.81. The first-order valence-electron chi connectivity index (χ1n) is 6.74. The molecule has 4 heterocycles. The molecule has 0 aromatic carbocycles. The van der Waals surface area contributed by atoms with E-state index in [-0.39, 0.29) is 30.8 Å². The maximum absolute atomic E-state index is 12.3. The van der Waals surface area contributed by atoms with Crippen molar-refractivity contribution in [3.8, 4) is 0 Å². The van der Waals surface area contributed by atoms with Gasteiger partial charge in [-0.2, -0.15) is 5.10 Å². The zero-order valence-electron chi connectivity index (χ0n) is 11.0. The maximum Gasteiger partial charge on any atom is 0.251 e. The second kappa shape index (κ2) is 4.76. The molecule has 2 aromatic heterocycles. The maximum atomic E-state index is 12.3. The van der Waals surface area contributed by atoms with Gasteiger partial charge in [-0.15, -0.1) is 0 Å². The van der Waals surface area contributed by atoms with Gasteiger partial charge in [0.05, 0.1) is 19.3 Å². The number of hydrogen-bond acceptors (Lipinski definition) is 6. The zero-order chi connectivity index (χ0) is 14.4. The molecule has 1 amide bonds. The predicted molar refractivity (Wildman–Crippen MR) is 69.7 cm³/mol. The van der Waals surface area contributed by atoms with Gasteiger partial charge in [0, 0.05) is 11.8 Å². The van der Waals surface area contributed by atoms with E-state index in [1.54, 1.807) is 22.8 Å². The number of amides is 1. The molecule has 8 heteroatoms. The first kappa shape index (κ1) is 12.7. The summed E-state index contributed by atoms with van der Waals surface area (Å²) < 4.78 is 12.5. The molecule has 8 nitrogen and oxygen atoms in total. The number of nitrogens with zero attached hydrogens (tertiary/aromatic N) is 3. The van der Waals surface area contributed by atoms with Crippen molar-refractivity contribution in [1.82, 2.24) is 19.9 Å². The van der Waals surface area contributed by atoms with Gasteiger partial charge < -0.3 is 19.9 Å². The smallest absolute Gasteiger partial charge is 0.251 e.